The van der Waals surface area contributed by atoms with Crippen LogP contribution in [0.5, 0.6) is 0 Å². The van der Waals surface area contributed by atoms with Gasteiger partial charge in [-0.2, -0.15) is 0 Å². The van der Waals surface area contributed by atoms with Crippen molar-refractivity contribution >= 4 is 55.0 Å². The zero-order valence-corrected chi connectivity index (χ0v) is 23.8. The maximum atomic E-state index is 14.5. The van der Waals surface area contributed by atoms with E-state index in [0.29, 0.717) is 15.0 Å². The number of esters is 1. The third kappa shape index (κ3) is 6.85. The second kappa shape index (κ2) is 11.3. The SMILES string of the molecule is CCOC(=O)C1=C(CN2CC(F)(F)C[C@H]2C(=O)NS(C)(=O)=O)NC(c2nccs2)=NC1c1ccc(F)cc1Br. The molecule has 16 heteroatoms. The number of amidine groups is 1. The molecule has 39 heavy (non-hydrogen) atoms. The van der Waals surface area contributed by atoms with E-state index in [1.54, 1.807) is 17.0 Å². The molecule has 1 saturated heterocycles. The van der Waals surface area contributed by atoms with E-state index in [0.717, 1.165) is 11.2 Å². The first-order chi connectivity index (χ1) is 18.3. The van der Waals surface area contributed by atoms with E-state index in [9.17, 15) is 31.2 Å². The van der Waals surface area contributed by atoms with Crippen LogP contribution in [-0.4, -0.2) is 73.9 Å². The number of aliphatic imine (C=N–C) groups is 1. The highest BCUT2D eigenvalue weighted by Crippen LogP contribution is 2.38. The van der Waals surface area contributed by atoms with Crippen molar-refractivity contribution in [2.75, 3.05) is 26.0 Å². The molecular formula is C23H23BrF3N5O5S2. The van der Waals surface area contributed by atoms with Crippen molar-refractivity contribution in [3.05, 3.63) is 61.9 Å². The lowest BCUT2D eigenvalue weighted by Gasteiger charge is -2.31. The zero-order chi connectivity index (χ0) is 28.5. The number of benzene rings is 1. The Hall–Kier alpha value is -2.82. The van der Waals surface area contributed by atoms with E-state index in [1.807, 2.05) is 0 Å². The molecule has 0 bridgehead atoms. The van der Waals surface area contributed by atoms with E-state index < -0.39 is 58.7 Å². The number of rotatable bonds is 8. The molecule has 3 heterocycles. The average Bonchev–Trinajstić information content (AvgIpc) is 3.45. The van der Waals surface area contributed by atoms with Gasteiger partial charge in [-0.1, -0.05) is 22.0 Å². The Bertz CT molecular complexity index is 1450. The molecule has 2 aromatic rings. The fourth-order valence-electron chi connectivity index (χ4n) is 4.33. The van der Waals surface area contributed by atoms with E-state index in [2.05, 4.69) is 31.2 Å². The Morgan fingerprint density at radius 2 is 2.10 bits per heavy atom. The Labute approximate surface area is 234 Å². The number of amides is 1. The van der Waals surface area contributed by atoms with Crippen LogP contribution in [0.4, 0.5) is 13.2 Å². The Morgan fingerprint density at radius 1 is 1.36 bits per heavy atom. The Balaban J connectivity index is 1.82. The summed E-state index contributed by atoms with van der Waals surface area (Å²) in [6.07, 6.45) is 1.36. The molecule has 10 nitrogen and oxygen atoms in total. The number of carbonyl (C=O) groups excluding carboxylic acids is 2. The number of aromatic nitrogens is 1. The maximum absolute atomic E-state index is 14.5. The van der Waals surface area contributed by atoms with Crippen molar-refractivity contribution < 1.29 is 35.9 Å². The van der Waals surface area contributed by atoms with Crippen LogP contribution in [0, 0.1) is 5.82 Å². The summed E-state index contributed by atoms with van der Waals surface area (Å²) in [5.41, 5.74) is 0.456. The fraction of sp³-hybridized carbons (Fsp3) is 0.391. The van der Waals surface area contributed by atoms with Crippen LogP contribution >= 0.6 is 27.3 Å². The van der Waals surface area contributed by atoms with Gasteiger partial charge in [0.15, 0.2) is 10.8 Å². The van der Waals surface area contributed by atoms with Crippen molar-refractivity contribution in [2.45, 2.75) is 31.4 Å². The minimum atomic E-state index is -4.01. The van der Waals surface area contributed by atoms with Gasteiger partial charge in [0.2, 0.25) is 10.0 Å². The van der Waals surface area contributed by atoms with Crippen LogP contribution in [0.15, 0.2) is 50.5 Å². The third-order valence-corrected chi connectivity index (χ3v) is 7.87. The van der Waals surface area contributed by atoms with Gasteiger partial charge in [0, 0.05) is 34.7 Å². The smallest absolute Gasteiger partial charge is 0.338 e. The molecule has 1 unspecified atom stereocenters. The number of hydrogen-bond acceptors (Lipinski definition) is 10. The molecular weight excluding hydrogens is 627 g/mol. The van der Waals surface area contributed by atoms with E-state index in [-0.39, 0.29) is 30.3 Å². The molecule has 2 N–H and O–H groups in total. The monoisotopic (exact) mass is 649 g/mol. The van der Waals surface area contributed by atoms with E-state index in [4.69, 9.17) is 4.74 Å². The number of halogens is 4. The van der Waals surface area contributed by atoms with Gasteiger partial charge in [0.05, 0.1) is 31.0 Å². The maximum Gasteiger partial charge on any atom is 0.338 e. The van der Waals surface area contributed by atoms with Gasteiger partial charge in [0.25, 0.3) is 11.8 Å². The minimum Gasteiger partial charge on any atom is -0.463 e. The molecule has 1 fully saturated rings. The minimum absolute atomic E-state index is 0.00283. The van der Waals surface area contributed by atoms with E-state index in [1.165, 1.54) is 35.7 Å². The molecule has 1 aromatic carbocycles. The molecule has 0 spiro atoms. The molecule has 0 saturated carbocycles. The lowest BCUT2D eigenvalue weighted by atomic mass is 9.95. The van der Waals surface area contributed by atoms with Gasteiger partial charge in [0.1, 0.15) is 11.9 Å². The molecule has 0 radical (unpaired) electrons. The first-order valence-corrected chi connectivity index (χ1v) is 15.1. The largest absolute Gasteiger partial charge is 0.463 e. The highest BCUT2D eigenvalue weighted by atomic mass is 79.9. The highest BCUT2D eigenvalue weighted by Gasteiger charge is 2.49. The molecule has 2 atom stereocenters. The number of thiazole rings is 1. The van der Waals surface area contributed by atoms with Crippen LogP contribution < -0.4 is 10.0 Å². The third-order valence-electron chi connectivity index (χ3n) is 5.83. The van der Waals surface area contributed by atoms with Gasteiger partial charge >= 0.3 is 5.97 Å². The number of likely N-dealkylation sites (tertiary alicyclic amines) is 1. The standard InChI is InChI=1S/C23H23BrF3N5O5S2/c1-3-37-22(34)17-15(10-32-11-23(26,27)9-16(32)20(33)31-39(2,35)36)29-19(21-28-6-7-38-21)30-18(17)13-5-4-12(25)8-14(13)24/h4-8,16,18H,3,9-11H2,1-2H3,(H,29,30)(H,31,33)/t16-,18?/m0/s1. The van der Waals surface area contributed by atoms with Gasteiger partial charge in [-0.25, -0.2) is 31.4 Å². The van der Waals surface area contributed by atoms with Crippen molar-refractivity contribution in [3.63, 3.8) is 0 Å². The summed E-state index contributed by atoms with van der Waals surface area (Å²) in [6.45, 7) is 0.335. The second-order valence-corrected chi connectivity index (χ2v) is 12.3. The predicted molar refractivity (Wildman–Crippen MR) is 140 cm³/mol. The highest BCUT2D eigenvalue weighted by molar-refractivity contribution is 9.10. The van der Waals surface area contributed by atoms with Crippen LogP contribution in [-0.2, 0) is 24.3 Å². The van der Waals surface area contributed by atoms with Gasteiger partial charge in [-0.3, -0.25) is 19.4 Å². The lowest BCUT2D eigenvalue weighted by Crippen LogP contribution is -2.47. The van der Waals surface area contributed by atoms with Gasteiger partial charge in [-0.15, -0.1) is 11.3 Å². The topological polar surface area (TPSA) is 130 Å². The Kier molecular flexibility index (Phi) is 8.49. The van der Waals surface area contributed by atoms with Crippen LogP contribution in [0.1, 0.15) is 30.0 Å². The first-order valence-electron chi connectivity index (χ1n) is 11.5. The predicted octanol–water partition coefficient (Wildman–Crippen LogP) is 2.74. The van der Waals surface area contributed by atoms with Gasteiger partial charge < -0.3 is 10.1 Å². The number of nitrogens with one attached hydrogen (secondary N) is 2. The zero-order valence-electron chi connectivity index (χ0n) is 20.6. The van der Waals surface area contributed by atoms with Crippen LogP contribution in [0.25, 0.3) is 0 Å². The van der Waals surface area contributed by atoms with Crippen molar-refractivity contribution in [1.29, 1.82) is 0 Å². The van der Waals surface area contributed by atoms with Gasteiger partial charge in [-0.05, 0) is 24.6 Å². The molecule has 0 aliphatic carbocycles. The summed E-state index contributed by atoms with van der Waals surface area (Å²) in [7, 11) is -4.01. The summed E-state index contributed by atoms with van der Waals surface area (Å²) < 4.78 is 73.5. The fourth-order valence-corrected chi connectivity index (χ4v) is 5.99. The van der Waals surface area contributed by atoms with Crippen molar-refractivity contribution in [1.82, 2.24) is 19.9 Å². The molecule has 1 amide bonds. The second-order valence-electron chi connectivity index (χ2n) is 8.84. The van der Waals surface area contributed by atoms with Crippen LogP contribution in [0.3, 0.4) is 0 Å². The number of carbonyl (C=O) groups is 2. The number of nitrogens with zero attached hydrogens (tertiary/aromatic N) is 3. The molecule has 4 rings (SSSR count). The van der Waals surface area contributed by atoms with Crippen molar-refractivity contribution in [3.8, 4) is 0 Å². The quantitative estimate of drug-likeness (QED) is 0.418. The number of ether oxygens (including phenoxy) is 1. The number of alkyl halides is 2. The molecule has 2 aliphatic heterocycles. The molecule has 2 aliphatic rings. The Morgan fingerprint density at radius 3 is 2.72 bits per heavy atom. The van der Waals surface area contributed by atoms with Crippen molar-refractivity contribution in [2.24, 2.45) is 4.99 Å². The number of sulfonamides is 1. The van der Waals surface area contributed by atoms with Crippen LogP contribution in [0.2, 0.25) is 0 Å². The van der Waals surface area contributed by atoms with E-state index >= 15 is 0 Å². The molecule has 1 aromatic heterocycles. The lowest BCUT2D eigenvalue weighted by molar-refractivity contribution is -0.139. The summed E-state index contributed by atoms with van der Waals surface area (Å²) in [5.74, 6) is -5.53. The molecule has 210 valence electrons. The summed E-state index contributed by atoms with van der Waals surface area (Å²) >= 11 is 4.54. The number of hydrogen-bond donors (Lipinski definition) is 2. The summed E-state index contributed by atoms with van der Waals surface area (Å²) in [5, 5.41) is 5.11. The average molecular weight is 650 g/mol. The summed E-state index contributed by atoms with van der Waals surface area (Å²) in [4.78, 5) is 35.9. The normalized spacial score (nSPS) is 21.3. The summed E-state index contributed by atoms with van der Waals surface area (Å²) in [6, 6.07) is 1.26. The first kappa shape index (κ1) is 29.2.